The third kappa shape index (κ3) is 4.34. The highest BCUT2D eigenvalue weighted by Crippen LogP contribution is 2.32. The molecule has 0 radical (unpaired) electrons. The van der Waals surface area contributed by atoms with E-state index in [9.17, 15) is 0 Å². The normalized spacial score (nSPS) is 11.8. The first-order valence-electron chi connectivity index (χ1n) is 9.47. The smallest absolute Gasteiger partial charge is 0.139 e. The number of ether oxygens (including phenoxy) is 1. The largest absolute Gasteiger partial charge is 0.487 e. The first-order chi connectivity index (χ1) is 13.8. The van der Waals surface area contributed by atoms with Crippen LogP contribution in [0.4, 0.5) is 0 Å². The van der Waals surface area contributed by atoms with Gasteiger partial charge in [0, 0.05) is 15.6 Å². The maximum atomic E-state index is 6.37. The highest BCUT2D eigenvalue weighted by atomic mass is 79.9. The minimum atomic E-state index is 0.0897. The van der Waals surface area contributed by atoms with Gasteiger partial charge in [0.15, 0.2) is 0 Å². The Bertz CT molecular complexity index is 1180. The van der Waals surface area contributed by atoms with Crippen molar-refractivity contribution in [2.45, 2.75) is 32.8 Å². The lowest BCUT2D eigenvalue weighted by molar-refractivity contribution is 0.306. The van der Waals surface area contributed by atoms with Gasteiger partial charge in [-0.05, 0) is 47.4 Å². The quantitative estimate of drug-likeness (QED) is 0.335. The number of imidazole rings is 1. The van der Waals surface area contributed by atoms with Gasteiger partial charge in [-0.1, -0.05) is 72.6 Å². The number of aromatic nitrogens is 2. The molecule has 3 nitrogen and oxygen atoms in total. The molecule has 0 fully saturated rings. The minimum Gasteiger partial charge on any atom is -0.487 e. The molecule has 0 amide bonds. The third-order valence-corrected chi connectivity index (χ3v) is 5.98. The molecule has 1 N–H and O–H groups in total. The van der Waals surface area contributed by atoms with Crippen LogP contribution in [0.5, 0.6) is 5.75 Å². The van der Waals surface area contributed by atoms with Crippen LogP contribution in [0, 0.1) is 0 Å². The number of rotatable bonds is 4. The highest BCUT2D eigenvalue weighted by molar-refractivity contribution is 9.10. The van der Waals surface area contributed by atoms with Crippen LogP contribution in [0.15, 0.2) is 65.1 Å². The van der Waals surface area contributed by atoms with E-state index in [1.165, 1.54) is 5.56 Å². The van der Waals surface area contributed by atoms with Crippen molar-refractivity contribution in [2.24, 2.45) is 0 Å². The van der Waals surface area contributed by atoms with Gasteiger partial charge >= 0.3 is 0 Å². The lowest BCUT2D eigenvalue weighted by Crippen LogP contribution is -2.10. The summed E-state index contributed by atoms with van der Waals surface area (Å²) in [5, 5.41) is 0.576. The van der Waals surface area contributed by atoms with Crippen LogP contribution in [-0.2, 0) is 12.0 Å². The number of aromatic amines is 1. The highest BCUT2D eigenvalue weighted by Gasteiger charge is 2.16. The Labute approximate surface area is 184 Å². The third-order valence-electron chi connectivity index (χ3n) is 4.89. The standard InChI is InChI=1S/C24H22BrClN2O/c1-24(2,3)17-9-11-20-21(13-17)28-23(27-20)15-8-10-19(26)22(12-15)29-14-16-6-4-5-7-18(16)25/h4-13H,14H2,1-3H3,(H,27,28). The molecule has 3 aromatic carbocycles. The van der Waals surface area contributed by atoms with Crippen LogP contribution in [0.2, 0.25) is 5.02 Å². The van der Waals surface area contributed by atoms with Gasteiger partial charge in [-0.3, -0.25) is 0 Å². The average Bonchev–Trinajstić information content (AvgIpc) is 3.11. The van der Waals surface area contributed by atoms with Gasteiger partial charge in [0.1, 0.15) is 18.2 Å². The van der Waals surface area contributed by atoms with E-state index in [1.54, 1.807) is 0 Å². The number of H-pyrrole nitrogens is 1. The van der Waals surface area contributed by atoms with E-state index in [-0.39, 0.29) is 5.41 Å². The fourth-order valence-corrected chi connectivity index (χ4v) is 3.72. The summed E-state index contributed by atoms with van der Waals surface area (Å²) in [6.45, 7) is 7.05. The topological polar surface area (TPSA) is 37.9 Å². The van der Waals surface area contributed by atoms with Gasteiger partial charge < -0.3 is 9.72 Å². The SMILES string of the molecule is CC(C)(C)c1ccc2nc(-c3ccc(Cl)c(OCc4ccccc4Br)c3)[nH]c2c1. The summed E-state index contributed by atoms with van der Waals surface area (Å²) in [6.07, 6.45) is 0. The molecular weight excluding hydrogens is 448 g/mol. The summed E-state index contributed by atoms with van der Waals surface area (Å²) in [6, 6.07) is 20.1. The lowest BCUT2D eigenvalue weighted by atomic mass is 9.87. The van der Waals surface area contributed by atoms with Gasteiger partial charge in [-0.15, -0.1) is 0 Å². The molecule has 0 spiro atoms. The first-order valence-corrected chi connectivity index (χ1v) is 10.6. The molecule has 29 heavy (non-hydrogen) atoms. The van der Waals surface area contributed by atoms with E-state index in [4.69, 9.17) is 21.3 Å². The summed E-state index contributed by atoms with van der Waals surface area (Å²) in [5.41, 5.74) is 5.33. The Morgan fingerprint density at radius 1 is 1.03 bits per heavy atom. The molecule has 5 heteroatoms. The molecule has 0 aliphatic heterocycles. The molecule has 148 valence electrons. The van der Waals surface area contributed by atoms with Crippen LogP contribution in [0.25, 0.3) is 22.4 Å². The summed E-state index contributed by atoms with van der Waals surface area (Å²) in [5.74, 6) is 1.43. The van der Waals surface area contributed by atoms with Crippen LogP contribution >= 0.6 is 27.5 Å². The minimum absolute atomic E-state index is 0.0897. The van der Waals surface area contributed by atoms with Crippen LogP contribution in [0.3, 0.4) is 0 Å². The Morgan fingerprint density at radius 3 is 2.59 bits per heavy atom. The Hall–Kier alpha value is -2.30. The van der Waals surface area contributed by atoms with Crippen molar-refractivity contribution in [1.82, 2.24) is 9.97 Å². The number of benzene rings is 3. The van der Waals surface area contributed by atoms with Crippen molar-refractivity contribution in [2.75, 3.05) is 0 Å². The lowest BCUT2D eigenvalue weighted by Gasteiger charge is -2.18. The summed E-state index contributed by atoms with van der Waals surface area (Å²) >= 11 is 9.92. The van der Waals surface area contributed by atoms with E-state index in [0.29, 0.717) is 17.4 Å². The molecule has 4 aromatic rings. The number of fused-ring (bicyclic) bond motifs is 1. The van der Waals surface area contributed by atoms with Crippen molar-refractivity contribution in [3.05, 3.63) is 81.3 Å². The molecule has 0 saturated heterocycles. The fourth-order valence-electron chi connectivity index (χ4n) is 3.15. The van der Waals surface area contributed by atoms with E-state index in [1.807, 2.05) is 42.5 Å². The Balaban J connectivity index is 1.63. The van der Waals surface area contributed by atoms with E-state index >= 15 is 0 Å². The molecule has 0 saturated carbocycles. The fraction of sp³-hybridized carbons (Fsp3) is 0.208. The molecule has 0 atom stereocenters. The molecule has 1 heterocycles. The first kappa shape index (κ1) is 20.0. The molecular formula is C24H22BrClN2O. The molecule has 0 aliphatic rings. The van der Waals surface area contributed by atoms with Gasteiger partial charge in [-0.2, -0.15) is 0 Å². The second-order valence-corrected chi connectivity index (χ2v) is 9.35. The Morgan fingerprint density at radius 2 is 1.83 bits per heavy atom. The summed E-state index contributed by atoms with van der Waals surface area (Å²) in [4.78, 5) is 8.18. The van der Waals surface area contributed by atoms with Crippen LogP contribution in [0.1, 0.15) is 31.9 Å². The molecule has 0 bridgehead atoms. The summed E-state index contributed by atoms with van der Waals surface area (Å²) in [7, 11) is 0. The van der Waals surface area contributed by atoms with Gasteiger partial charge in [0.05, 0.1) is 16.1 Å². The number of halogens is 2. The molecule has 1 aromatic heterocycles. The number of hydrogen-bond donors (Lipinski definition) is 1. The maximum Gasteiger partial charge on any atom is 0.139 e. The van der Waals surface area contributed by atoms with E-state index < -0.39 is 0 Å². The maximum absolute atomic E-state index is 6.37. The van der Waals surface area contributed by atoms with Crippen molar-refractivity contribution in [3.63, 3.8) is 0 Å². The molecule has 0 unspecified atom stereocenters. The van der Waals surface area contributed by atoms with Crippen molar-refractivity contribution in [3.8, 4) is 17.1 Å². The van der Waals surface area contributed by atoms with Crippen LogP contribution in [-0.4, -0.2) is 9.97 Å². The predicted octanol–water partition coefficient (Wildman–Crippen LogP) is 7.52. The monoisotopic (exact) mass is 468 g/mol. The zero-order valence-corrected chi connectivity index (χ0v) is 18.9. The van der Waals surface area contributed by atoms with Crippen molar-refractivity contribution >= 4 is 38.6 Å². The van der Waals surface area contributed by atoms with E-state index in [0.717, 1.165) is 32.5 Å². The second-order valence-electron chi connectivity index (χ2n) is 8.09. The number of hydrogen-bond acceptors (Lipinski definition) is 2. The number of nitrogens with zero attached hydrogens (tertiary/aromatic N) is 1. The van der Waals surface area contributed by atoms with Crippen molar-refractivity contribution < 1.29 is 4.74 Å². The second kappa shape index (κ2) is 7.85. The average molecular weight is 470 g/mol. The molecule has 0 aliphatic carbocycles. The van der Waals surface area contributed by atoms with Gasteiger partial charge in [0.25, 0.3) is 0 Å². The van der Waals surface area contributed by atoms with E-state index in [2.05, 4.69) is 59.9 Å². The zero-order chi connectivity index (χ0) is 20.6. The van der Waals surface area contributed by atoms with Gasteiger partial charge in [-0.25, -0.2) is 4.98 Å². The Kier molecular flexibility index (Phi) is 5.41. The van der Waals surface area contributed by atoms with Crippen molar-refractivity contribution in [1.29, 1.82) is 0 Å². The predicted molar refractivity (Wildman–Crippen MR) is 124 cm³/mol. The van der Waals surface area contributed by atoms with Crippen LogP contribution < -0.4 is 4.74 Å². The number of nitrogens with one attached hydrogen (secondary N) is 1. The summed E-state index contributed by atoms with van der Waals surface area (Å²) < 4.78 is 7.01. The zero-order valence-electron chi connectivity index (χ0n) is 16.6. The molecule has 4 rings (SSSR count). The van der Waals surface area contributed by atoms with Gasteiger partial charge in [0.2, 0.25) is 0 Å².